The van der Waals surface area contributed by atoms with Crippen molar-refractivity contribution in [2.24, 2.45) is 5.41 Å². The van der Waals surface area contributed by atoms with E-state index in [0.717, 1.165) is 12.0 Å². The average Bonchev–Trinajstić information content (AvgIpc) is 2.66. The molecule has 5 heteroatoms. The van der Waals surface area contributed by atoms with E-state index in [-0.39, 0.29) is 11.8 Å². The van der Waals surface area contributed by atoms with Gasteiger partial charge in [0.05, 0.1) is 7.11 Å². The summed E-state index contributed by atoms with van der Waals surface area (Å²) in [4.78, 5) is 25.1. The van der Waals surface area contributed by atoms with E-state index in [1.807, 2.05) is 48.5 Å². The zero-order valence-corrected chi connectivity index (χ0v) is 15.8. The molecule has 2 aromatic carbocycles. The second kappa shape index (κ2) is 8.52. The minimum atomic E-state index is -1.20. The quantitative estimate of drug-likeness (QED) is 0.748. The summed E-state index contributed by atoms with van der Waals surface area (Å²) in [6.45, 7) is 5.59. The predicted octanol–water partition coefficient (Wildman–Crippen LogP) is 3.54. The van der Waals surface area contributed by atoms with Crippen LogP contribution in [-0.2, 0) is 22.6 Å². The molecule has 2 aromatic rings. The standard InChI is InChI=1S/C21H26N2O3/c1-5-15-10-12-17(13-11-15)23-20(25)21(2,3)19(24)22-14-16-8-6-7-9-18(16)26-4/h6-13H,5,14H2,1-4H3,(H,22,24)(H,23,25). The van der Waals surface area contributed by atoms with Crippen molar-refractivity contribution in [2.75, 3.05) is 12.4 Å². The van der Waals surface area contributed by atoms with Gasteiger partial charge in [-0.15, -0.1) is 0 Å². The van der Waals surface area contributed by atoms with Gasteiger partial charge >= 0.3 is 0 Å². The number of hydrogen-bond acceptors (Lipinski definition) is 3. The Kier molecular flexibility index (Phi) is 6.39. The summed E-state index contributed by atoms with van der Waals surface area (Å²) < 4.78 is 5.28. The Balaban J connectivity index is 2.00. The third-order valence-electron chi connectivity index (χ3n) is 4.39. The molecule has 0 bridgehead atoms. The number of carbonyl (C=O) groups excluding carboxylic acids is 2. The molecule has 0 atom stereocenters. The fourth-order valence-corrected chi connectivity index (χ4v) is 2.46. The maximum Gasteiger partial charge on any atom is 0.239 e. The Morgan fingerprint density at radius 1 is 1.00 bits per heavy atom. The highest BCUT2D eigenvalue weighted by atomic mass is 16.5. The molecule has 2 rings (SSSR count). The minimum absolute atomic E-state index is 0.296. The fourth-order valence-electron chi connectivity index (χ4n) is 2.46. The Bertz CT molecular complexity index is 767. The first kappa shape index (κ1) is 19.5. The van der Waals surface area contributed by atoms with Crippen LogP contribution in [0.2, 0.25) is 0 Å². The third kappa shape index (κ3) is 4.63. The van der Waals surface area contributed by atoms with Gasteiger partial charge in [0.2, 0.25) is 11.8 Å². The van der Waals surface area contributed by atoms with Gasteiger partial charge in [0.1, 0.15) is 11.2 Å². The summed E-state index contributed by atoms with van der Waals surface area (Å²) >= 11 is 0. The van der Waals surface area contributed by atoms with Crippen LogP contribution >= 0.6 is 0 Å². The van der Waals surface area contributed by atoms with Gasteiger partial charge in [-0.2, -0.15) is 0 Å². The summed E-state index contributed by atoms with van der Waals surface area (Å²) in [5.74, 6) is 0.0106. The maximum absolute atomic E-state index is 12.6. The zero-order valence-electron chi connectivity index (χ0n) is 15.8. The molecule has 0 unspecified atom stereocenters. The Morgan fingerprint density at radius 3 is 2.27 bits per heavy atom. The number of para-hydroxylation sites is 1. The first-order valence-electron chi connectivity index (χ1n) is 8.69. The predicted molar refractivity (Wildman–Crippen MR) is 103 cm³/mol. The van der Waals surface area contributed by atoms with Crippen molar-refractivity contribution in [3.05, 3.63) is 59.7 Å². The molecule has 0 fully saturated rings. The molecule has 26 heavy (non-hydrogen) atoms. The number of anilines is 1. The van der Waals surface area contributed by atoms with Gasteiger partial charge in [-0.25, -0.2) is 0 Å². The highest BCUT2D eigenvalue weighted by molar-refractivity contribution is 6.09. The molecule has 0 heterocycles. The number of rotatable bonds is 7. The van der Waals surface area contributed by atoms with Gasteiger partial charge in [0.15, 0.2) is 0 Å². The van der Waals surface area contributed by atoms with Crippen molar-refractivity contribution >= 4 is 17.5 Å². The van der Waals surface area contributed by atoms with E-state index in [1.54, 1.807) is 21.0 Å². The average molecular weight is 354 g/mol. The largest absolute Gasteiger partial charge is 0.496 e. The van der Waals surface area contributed by atoms with Crippen LogP contribution < -0.4 is 15.4 Å². The normalized spacial score (nSPS) is 10.9. The Labute approximate surface area is 154 Å². The van der Waals surface area contributed by atoms with Crippen LogP contribution in [-0.4, -0.2) is 18.9 Å². The molecule has 0 saturated carbocycles. The molecule has 5 nitrogen and oxygen atoms in total. The SMILES string of the molecule is CCc1ccc(NC(=O)C(C)(C)C(=O)NCc2ccccc2OC)cc1. The van der Waals surface area contributed by atoms with Crippen molar-refractivity contribution in [1.82, 2.24) is 5.32 Å². The van der Waals surface area contributed by atoms with Crippen LogP contribution in [0.25, 0.3) is 0 Å². The Morgan fingerprint density at radius 2 is 1.65 bits per heavy atom. The van der Waals surface area contributed by atoms with Gasteiger partial charge in [-0.1, -0.05) is 37.3 Å². The summed E-state index contributed by atoms with van der Waals surface area (Å²) in [5.41, 5.74) is 1.52. The molecule has 0 aliphatic carbocycles. The summed E-state index contributed by atoms with van der Waals surface area (Å²) in [5, 5.41) is 5.63. The number of amides is 2. The second-order valence-electron chi connectivity index (χ2n) is 6.62. The fraction of sp³-hybridized carbons (Fsp3) is 0.333. The van der Waals surface area contributed by atoms with Crippen molar-refractivity contribution < 1.29 is 14.3 Å². The minimum Gasteiger partial charge on any atom is -0.496 e. The molecule has 0 aliphatic heterocycles. The highest BCUT2D eigenvalue weighted by Crippen LogP contribution is 2.21. The van der Waals surface area contributed by atoms with Gasteiger partial charge in [0, 0.05) is 17.8 Å². The lowest BCUT2D eigenvalue weighted by Gasteiger charge is -2.23. The number of hydrogen-bond donors (Lipinski definition) is 2. The maximum atomic E-state index is 12.6. The molecule has 138 valence electrons. The van der Waals surface area contributed by atoms with Crippen LogP contribution in [0.1, 0.15) is 31.9 Å². The van der Waals surface area contributed by atoms with Crippen LogP contribution in [0.3, 0.4) is 0 Å². The van der Waals surface area contributed by atoms with Crippen LogP contribution in [0, 0.1) is 5.41 Å². The summed E-state index contributed by atoms with van der Waals surface area (Å²) in [7, 11) is 1.59. The van der Waals surface area contributed by atoms with E-state index >= 15 is 0 Å². The smallest absolute Gasteiger partial charge is 0.239 e. The second-order valence-corrected chi connectivity index (χ2v) is 6.62. The van der Waals surface area contributed by atoms with E-state index in [0.29, 0.717) is 18.0 Å². The van der Waals surface area contributed by atoms with E-state index in [9.17, 15) is 9.59 Å². The Hall–Kier alpha value is -2.82. The molecule has 0 radical (unpaired) electrons. The number of methoxy groups -OCH3 is 1. The topological polar surface area (TPSA) is 67.4 Å². The van der Waals surface area contributed by atoms with Gasteiger partial charge < -0.3 is 15.4 Å². The lowest BCUT2D eigenvalue weighted by molar-refractivity contribution is -0.138. The van der Waals surface area contributed by atoms with Gasteiger partial charge in [-0.05, 0) is 44.0 Å². The monoisotopic (exact) mass is 354 g/mol. The van der Waals surface area contributed by atoms with Crippen molar-refractivity contribution in [3.63, 3.8) is 0 Å². The zero-order chi connectivity index (χ0) is 19.2. The molecule has 0 spiro atoms. The molecule has 0 saturated heterocycles. The number of nitrogens with one attached hydrogen (secondary N) is 2. The van der Waals surface area contributed by atoms with Crippen molar-refractivity contribution in [1.29, 1.82) is 0 Å². The van der Waals surface area contributed by atoms with Crippen molar-refractivity contribution in [3.8, 4) is 5.75 Å². The lowest BCUT2D eigenvalue weighted by atomic mass is 9.90. The van der Waals surface area contributed by atoms with E-state index < -0.39 is 5.41 Å². The van der Waals surface area contributed by atoms with Gasteiger partial charge in [-0.3, -0.25) is 9.59 Å². The number of carbonyl (C=O) groups is 2. The molecule has 0 aliphatic rings. The summed E-state index contributed by atoms with van der Waals surface area (Å²) in [6.07, 6.45) is 0.936. The van der Waals surface area contributed by atoms with Crippen LogP contribution in [0.5, 0.6) is 5.75 Å². The molecular weight excluding hydrogens is 328 g/mol. The lowest BCUT2D eigenvalue weighted by Crippen LogP contribution is -2.44. The molecule has 0 aromatic heterocycles. The highest BCUT2D eigenvalue weighted by Gasteiger charge is 2.36. The first-order valence-corrected chi connectivity index (χ1v) is 8.69. The van der Waals surface area contributed by atoms with E-state index in [2.05, 4.69) is 17.6 Å². The van der Waals surface area contributed by atoms with Gasteiger partial charge in [0.25, 0.3) is 0 Å². The third-order valence-corrected chi connectivity index (χ3v) is 4.39. The van der Waals surface area contributed by atoms with E-state index in [4.69, 9.17) is 4.74 Å². The van der Waals surface area contributed by atoms with Crippen LogP contribution in [0.15, 0.2) is 48.5 Å². The van der Waals surface area contributed by atoms with E-state index in [1.165, 1.54) is 5.56 Å². The number of ether oxygens (including phenoxy) is 1. The van der Waals surface area contributed by atoms with Crippen molar-refractivity contribution in [2.45, 2.75) is 33.7 Å². The summed E-state index contributed by atoms with van der Waals surface area (Å²) in [6, 6.07) is 15.1. The van der Waals surface area contributed by atoms with Crippen LogP contribution in [0.4, 0.5) is 5.69 Å². The molecular formula is C21H26N2O3. The first-order chi connectivity index (χ1) is 12.4. The molecule has 2 amide bonds. The number of aryl methyl sites for hydroxylation is 1. The molecule has 2 N–H and O–H groups in total. The number of benzene rings is 2.